The van der Waals surface area contributed by atoms with Gasteiger partial charge >= 0.3 is 0 Å². The number of anilines is 1. The van der Waals surface area contributed by atoms with Crippen LogP contribution in [-0.2, 0) is 0 Å². The Labute approximate surface area is 113 Å². The number of thiophene rings is 1. The van der Waals surface area contributed by atoms with Crippen molar-refractivity contribution in [1.82, 2.24) is 4.98 Å². The van der Waals surface area contributed by atoms with E-state index in [9.17, 15) is 0 Å². The third kappa shape index (κ3) is 2.72. The lowest BCUT2D eigenvalue weighted by Crippen LogP contribution is -2.08. The van der Waals surface area contributed by atoms with Gasteiger partial charge in [0.2, 0.25) is 0 Å². The Morgan fingerprint density at radius 3 is 2.44 bits per heavy atom. The van der Waals surface area contributed by atoms with Gasteiger partial charge in [-0.05, 0) is 58.4 Å². The van der Waals surface area contributed by atoms with E-state index in [2.05, 4.69) is 43.2 Å². The summed E-state index contributed by atoms with van der Waals surface area (Å²) < 4.78 is 0. The Bertz CT molecular complexity index is 558. The van der Waals surface area contributed by atoms with Gasteiger partial charge in [-0.1, -0.05) is 0 Å². The maximum atomic E-state index is 4.49. The third-order valence-corrected chi connectivity index (χ3v) is 4.12. The zero-order valence-electron chi connectivity index (χ0n) is 11.7. The molecule has 1 atom stereocenters. The largest absolute Gasteiger partial charge is 0.377 e. The van der Waals surface area contributed by atoms with E-state index in [-0.39, 0.29) is 0 Å². The van der Waals surface area contributed by atoms with Crippen molar-refractivity contribution in [2.24, 2.45) is 0 Å². The molecule has 3 heteroatoms. The standard InChI is InChI=1S/C15H20N2S/c1-9-6-7-15(12(4)16-9)17-11(3)14-8-10(2)18-13(14)5/h6-8,11,17H,1-5H3. The second-order valence-corrected chi connectivity index (χ2v) is 6.28. The number of nitrogens with zero attached hydrogens (tertiary/aromatic N) is 1. The van der Waals surface area contributed by atoms with Crippen LogP contribution in [0.5, 0.6) is 0 Å². The molecule has 0 aromatic carbocycles. The molecule has 96 valence electrons. The molecular weight excluding hydrogens is 240 g/mol. The molecule has 0 spiro atoms. The van der Waals surface area contributed by atoms with Crippen molar-refractivity contribution in [1.29, 1.82) is 0 Å². The van der Waals surface area contributed by atoms with E-state index in [1.54, 1.807) is 0 Å². The lowest BCUT2D eigenvalue weighted by molar-refractivity contribution is 0.875. The van der Waals surface area contributed by atoms with E-state index < -0.39 is 0 Å². The predicted octanol–water partition coefficient (Wildman–Crippen LogP) is 4.55. The summed E-state index contributed by atoms with van der Waals surface area (Å²) in [6.07, 6.45) is 0. The highest BCUT2D eigenvalue weighted by Crippen LogP contribution is 2.29. The Balaban J connectivity index is 2.21. The fraction of sp³-hybridized carbons (Fsp3) is 0.400. The first-order valence-corrected chi connectivity index (χ1v) is 7.06. The number of aryl methyl sites for hydroxylation is 4. The van der Waals surface area contributed by atoms with Gasteiger partial charge in [0.1, 0.15) is 0 Å². The molecule has 1 N–H and O–H groups in total. The van der Waals surface area contributed by atoms with Crippen LogP contribution in [0.1, 0.15) is 39.7 Å². The Morgan fingerprint density at radius 2 is 1.89 bits per heavy atom. The van der Waals surface area contributed by atoms with E-state index in [1.807, 2.05) is 31.3 Å². The number of nitrogens with one attached hydrogen (secondary N) is 1. The zero-order valence-corrected chi connectivity index (χ0v) is 12.5. The first-order valence-electron chi connectivity index (χ1n) is 6.25. The molecule has 1 unspecified atom stereocenters. The molecule has 0 aliphatic carbocycles. The minimum absolute atomic E-state index is 0.318. The van der Waals surface area contributed by atoms with Crippen LogP contribution in [0.15, 0.2) is 18.2 Å². The van der Waals surface area contributed by atoms with Gasteiger partial charge < -0.3 is 5.32 Å². The summed E-state index contributed by atoms with van der Waals surface area (Å²) in [5.41, 5.74) is 4.63. The van der Waals surface area contributed by atoms with Crippen molar-refractivity contribution in [3.8, 4) is 0 Å². The second kappa shape index (κ2) is 5.11. The molecule has 2 aromatic heterocycles. The molecule has 0 saturated heterocycles. The molecule has 0 aliphatic rings. The highest BCUT2D eigenvalue weighted by atomic mass is 32.1. The predicted molar refractivity (Wildman–Crippen MR) is 79.5 cm³/mol. The quantitative estimate of drug-likeness (QED) is 0.875. The number of hydrogen-bond donors (Lipinski definition) is 1. The summed E-state index contributed by atoms with van der Waals surface area (Å²) in [6.45, 7) is 10.6. The van der Waals surface area contributed by atoms with Crippen molar-refractivity contribution in [2.75, 3.05) is 5.32 Å². The molecule has 2 nitrogen and oxygen atoms in total. The summed E-state index contributed by atoms with van der Waals surface area (Å²) in [5, 5.41) is 3.55. The van der Waals surface area contributed by atoms with Crippen LogP contribution in [0.3, 0.4) is 0 Å². The fourth-order valence-electron chi connectivity index (χ4n) is 2.23. The van der Waals surface area contributed by atoms with Gasteiger partial charge in [-0.3, -0.25) is 4.98 Å². The monoisotopic (exact) mass is 260 g/mol. The van der Waals surface area contributed by atoms with Crippen LogP contribution in [0.25, 0.3) is 0 Å². The maximum Gasteiger partial charge on any atom is 0.0607 e. The molecule has 0 amide bonds. The van der Waals surface area contributed by atoms with Crippen LogP contribution < -0.4 is 5.32 Å². The van der Waals surface area contributed by atoms with Crippen LogP contribution >= 0.6 is 11.3 Å². The molecule has 2 aromatic rings. The van der Waals surface area contributed by atoms with Crippen molar-refractivity contribution in [2.45, 2.75) is 40.7 Å². The summed E-state index contributed by atoms with van der Waals surface area (Å²) in [6, 6.07) is 6.75. The van der Waals surface area contributed by atoms with Gasteiger partial charge in [0, 0.05) is 21.5 Å². The fourth-order valence-corrected chi connectivity index (χ4v) is 3.25. The van der Waals surface area contributed by atoms with E-state index in [4.69, 9.17) is 0 Å². The lowest BCUT2D eigenvalue weighted by atomic mass is 10.1. The minimum atomic E-state index is 0.318. The van der Waals surface area contributed by atoms with Crippen LogP contribution in [-0.4, -0.2) is 4.98 Å². The Morgan fingerprint density at radius 1 is 1.17 bits per heavy atom. The highest BCUT2D eigenvalue weighted by molar-refractivity contribution is 7.12. The summed E-state index contributed by atoms with van der Waals surface area (Å²) in [5.74, 6) is 0. The summed E-state index contributed by atoms with van der Waals surface area (Å²) in [4.78, 5) is 7.25. The molecule has 0 aliphatic heterocycles. The molecule has 0 bridgehead atoms. The molecule has 0 radical (unpaired) electrons. The van der Waals surface area contributed by atoms with E-state index >= 15 is 0 Å². The first-order chi connectivity index (χ1) is 8.47. The van der Waals surface area contributed by atoms with Crippen molar-refractivity contribution >= 4 is 17.0 Å². The van der Waals surface area contributed by atoms with E-state index in [0.717, 1.165) is 17.1 Å². The molecule has 18 heavy (non-hydrogen) atoms. The molecular formula is C15H20N2S. The number of hydrogen-bond acceptors (Lipinski definition) is 3. The van der Waals surface area contributed by atoms with Gasteiger partial charge in [0.15, 0.2) is 0 Å². The van der Waals surface area contributed by atoms with Crippen LogP contribution in [0.2, 0.25) is 0 Å². The second-order valence-electron chi connectivity index (χ2n) is 4.82. The maximum absolute atomic E-state index is 4.49. The summed E-state index contributed by atoms with van der Waals surface area (Å²) >= 11 is 1.86. The van der Waals surface area contributed by atoms with Crippen molar-refractivity contribution in [3.63, 3.8) is 0 Å². The third-order valence-electron chi connectivity index (χ3n) is 3.14. The molecule has 2 rings (SSSR count). The zero-order chi connectivity index (χ0) is 13.3. The first kappa shape index (κ1) is 13.1. The van der Waals surface area contributed by atoms with Crippen molar-refractivity contribution in [3.05, 3.63) is 44.9 Å². The molecule has 2 heterocycles. The number of aromatic nitrogens is 1. The smallest absolute Gasteiger partial charge is 0.0607 e. The minimum Gasteiger partial charge on any atom is -0.377 e. The van der Waals surface area contributed by atoms with Gasteiger partial charge in [0.25, 0.3) is 0 Å². The van der Waals surface area contributed by atoms with Gasteiger partial charge in [0.05, 0.1) is 11.4 Å². The van der Waals surface area contributed by atoms with E-state index in [0.29, 0.717) is 6.04 Å². The van der Waals surface area contributed by atoms with Gasteiger partial charge in [-0.25, -0.2) is 0 Å². The van der Waals surface area contributed by atoms with Gasteiger partial charge in [-0.2, -0.15) is 0 Å². The highest BCUT2D eigenvalue weighted by Gasteiger charge is 2.12. The Hall–Kier alpha value is -1.35. The van der Waals surface area contributed by atoms with Crippen molar-refractivity contribution < 1.29 is 0 Å². The number of rotatable bonds is 3. The average molecular weight is 260 g/mol. The number of pyridine rings is 1. The topological polar surface area (TPSA) is 24.9 Å². The molecule has 0 fully saturated rings. The lowest BCUT2D eigenvalue weighted by Gasteiger charge is -2.17. The Kier molecular flexibility index (Phi) is 3.71. The van der Waals surface area contributed by atoms with Gasteiger partial charge in [-0.15, -0.1) is 11.3 Å². The van der Waals surface area contributed by atoms with Crippen LogP contribution in [0, 0.1) is 27.7 Å². The normalized spacial score (nSPS) is 12.5. The average Bonchev–Trinajstić information content (AvgIpc) is 2.62. The van der Waals surface area contributed by atoms with E-state index in [1.165, 1.54) is 15.3 Å². The van der Waals surface area contributed by atoms with Crippen LogP contribution in [0.4, 0.5) is 5.69 Å². The molecule has 0 saturated carbocycles. The SMILES string of the molecule is Cc1ccc(NC(C)c2cc(C)sc2C)c(C)n1. The summed E-state index contributed by atoms with van der Waals surface area (Å²) in [7, 11) is 0.